The van der Waals surface area contributed by atoms with E-state index in [0.717, 1.165) is 33.4 Å². The summed E-state index contributed by atoms with van der Waals surface area (Å²) in [4.78, 5) is 0. The molecule has 1 heterocycles. The van der Waals surface area contributed by atoms with Crippen LogP contribution < -0.4 is 5.73 Å². The minimum atomic E-state index is -0.206. The zero-order valence-corrected chi connectivity index (χ0v) is 15.4. The van der Waals surface area contributed by atoms with Gasteiger partial charge in [-0.1, -0.05) is 13.8 Å². The van der Waals surface area contributed by atoms with Crippen molar-refractivity contribution in [2.45, 2.75) is 40.5 Å². The SMILES string of the molecule is CC(=N)c1cc2c(cc(C(C)C)n2-c2ccc(F)c(C)c2)c(C)c1N. The largest absolute Gasteiger partial charge is 0.398 e. The van der Waals surface area contributed by atoms with Gasteiger partial charge in [-0.25, -0.2) is 4.39 Å². The van der Waals surface area contributed by atoms with Gasteiger partial charge in [0.05, 0.1) is 5.52 Å². The highest BCUT2D eigenvalue weighted by Crippen LogP contribution is 2.35. The third kappa shape index (κ3) is 2.72. The number of nitrogens with zero attached hydrogens (tertiary/aromatic N) is 1. The number of anilines is 1. The third-order valence-corrected chi connectivity index (χ3v) is 4.84. The summed E-state index contributed by atoms with van der Waals surface area (Å²) in [6.45, 7) is 9.80. The molecule has 0 saturated heterocycles. The molecule has 4 heteroatoms. The summed E-state index contributed by atoms with van der Waals surface area (Å²) in [5.74, 6) is 0.0886. The maximum atomic E-state index is 13.7. The van der Waals surface area contributed by atoms with Crippen LogP contribution >= 0.6 is 0 Å². The number of aryl methyl sites for hydroxylation is 2. The van der Waals surface area contributed by atoms with Gasteiger partial charge in [0.2, 0.25) is 0 Å². The van der Waals surface area contributed by atoms with Crippen molar-refractivity contribution in [1.82, 2.24) is 4.57 Å². The number of benzene rings is 2. The van der Waals surface area contributed by atoms with Gasteiger partial charge in [-0.05, 0) is 68.1 Å². The maximum Gasteiger partial charge on any atom is 0.126 e. The second-order valence-corrected chi connectivity index (χ2v) is 7.01. The van der Waals surface area contributed by atoms with Gasteiger partial charge in [-0.2, -0.15) is 0 Å². The van der Waals surface area contributed by atoms with Crippen LogP contribution in [0.15, 0.2) is 30.3 Å². The maximum absolute atomic E-state index is 13.7. The smallest absolute Gasteiger partial charge is 0.126 e. The molecule has 3 aromatic rings. The fourth-order valence-corrected chi connectivity index (χ4v) is 3.34. The van der Waals surface area contributed by atoms with E-state index in [1.165, 1.54) is 6.07 Å². The van der Waals surface area contributed by atoms with Crippen LogP contribution in [0.25, 0.3) is 16.6 Å². The molecule has 0 unspecified atom stereocenters. The van der Waals surface area contributed by atoms with Gasteiger partial charge in [0.15, 0.2) is 0 Å². The normalized spacial score (nSPS) is 11.5. The van der Waals surface area contributed by atoms with E-state index in [9.17, 15) is 4.39 Å². The molecule has 3 nitrogen and oxygen atoms in total. The quantitative estimate of drug-likeness (QED) is 0.482. The molecule has 0 spiro atoms. The zero-order chi connectivity index (χ0) is 18.5. The highest BCUT2D eigenvalue weighted by molar-refractivity contribution is 6.06. The van der Waals surface area contributed by atoms with E-state index >= 15 is 0 Å². The summed E-state index contributed by atoms with van der Waals surface area (Å²) >= 11 is 0. The van der Waals surface area contributed by atoms with E-state index in [1.54, 1.807) is 19.9 Å². The summed E-state index contributed by atoms with van der Waals surface area (Å²) < 4.78 is 15.9. The van der Waals surface area contributed by atoms with Crippen LogP contribution in [0.2, 0.25) is 0 Å². The Morgan fingerprint density at radius 3 is 2.40 bits per heavy atom. The first-order valence-corrected chi connectivity index (χ1v) is 8.48. The minimum Gasteiger partial charge on any atom is -0.398 e. The number of nitrogens with two attached hydrogens (primary N) is 1. The monoisotopic (exact) mass is 337 g/mol. The van der Waals surface area contributed by atoms with E-state index in [2.05, 4.69) is 24.5 Å². The molecule has 0 amide bonds. The van der Waals surface area contributed by atoms with Crippen LogP contribution in [0, 0.1) is 25.1 Å². The van der Waals surface area contributed by atoms with Crippen LogP contribution in [0.5, 0.6) is 0 Å². The topological polar surface area (TPSA) is 54.8 Å². The number of halogens is 1. The Hall–Kier alpha value is -2.62. The number of nitrogens with one attached hydrogen (secondary N) is 1. The van der Waals surface area contributed by atoms with Crippen molar-refractivity contribution in [3.05, 3.63) is 58.5 Å². The van der Waals surface area contributed by atoms with Crippen molar-refractivity contribution < 1.29 is 4.39 Å². The fraction of sp³-hybridized carbons (Fsp3) is 0.286. The molecule has 0 atom stereocenters. The van der Waals surface area contributed by atoms with Crippen molar-refractivity contribution in [3.63, 3.8) is 0 Å². The average molecular weight is 337 g/mol. The Labute approximate surface area is 147 Å². The third-order valence-electron chi connectivity index (χ3n) is 4.84. The molecule has 0 aliphatic carbocycles. The molecule has 0 radical (unpaired) electrons. The van der Waals surface area contributed by atoms with Gasteiger partial charge in [-0.15, -0.1) is 0 Å². The first-order chi connectivity index (χ1) is 11.7. The van der Waals surface area contributed by atoms with Crippen molar-refractivity contribution in [2.24, 2.45) is 0 Å². The van der Waals surface area contributed by atoms with E-state index in [0.29, 0.717) is 22.9 Å². The summed E-state index contributed by atoms with van der Waals surface area (Å²) in [6, 6.07) is 9.31. The second-order valence-electron chi connectivity index (χ2n) is 7.01. The summed E-state index contributed by atoms with van der Waals surface area (Å²) in [6.07, 6.45) is 0. The molecule has 0 aliphatic rings. The summed E-state index contributed by atoms with van der Waals surface area (Å²) in [5.41, 5.74) is 12.8. The molecule has 0 fully saturated rings. The predicted octanol–water partition coefficient (Wildman–Crippen LogP) is 5.48. The van der Waals surface area contributed by atoms with Crippen LogP contribution in [0.1, 0.15) is 49.1 Å². The standard InChI is InChI=1S/C21H24FN3/c1-11(2)19-9-16-13(4)21(24)17(14(5)23)10-20(16)25(19)15-6-7-18(22)12(3)8-15/h6-11,23H,24H2,1-5H3. The molecule has 2 aromatic carbocycles. The average Bonchev–Trinajstić information content (AvgIpc) is 2.93. The molecule has 3 rings (SSSR count). The van der Waals surface area contributed by atoms with Crippen molar-refractivity contribution >= 4 is 22.3 Å². The number of hydrogen-bond acceptors (Lipinski definition) is 2. The molecule has 25 heavy (non-hydrogen) atoms. The molecule has 130 valence electrons. The molecular formula is C21H24FN3. The van der Waals surface area contributed by atoms with Gasteiger partial charge in [-0.3, -0.25) is 0 Å². The number of fused-ring (bicyclic) bond motifs is 1. The lowest BCUT2D eigenvalue weighted by Gasteiger charge is -2.16. The predicted molar refractivity (Wildman–Crippen MR) is 104 cm³/mol. The highest BCUT2D eigenvalue weighted by Gasteiger charge is 2.18. The Morgan fingerprint density at radius 1 is 1.16 bits per heavy atom. The molecule has 3 N–H and O–H groups in total. The Balaban J connectivity index is 2.44. The van der Waals surface area contributed by atoms with Crippen LogP contribution in [-0.2, 0) is 0 Å². The van der Waals surface area contributed by atoms with Crippen molar-refractivity contribution in [1.29, 1.82) is 5.41 Å². The Kier molecular flexibility index (Phi) is 4.15. The number of aromatic nitrogens is 1. The van der Waals surface area contributed by atoms with Crippen LogP contribution in [0.4, 0.5) is 10.1 Å². The molecule has 0 aliphatic heterocycles. The van der Waals surface area contributed by atoms with Crippen LogP contribution in [0.3, 0.4) is 0 Å². The van der Waals surface area contributed by atoms with E-state index in [-0.39, 0.29) is 5.82 Å². The van der Waals surface area contributed by atoms with E-state index in [1.807, 2.05) is 19.1 Å². The second kappa shape index (κ2) is 6.03. The van der Waals surface area contributed by atoms with Gasteiger partial charge < -0.3 is 15.7 Å². The Morgan fingerprint density at radius 2 is 1.84 bits per heavy atom. The van der Waals surface area contributed by atoms with Gasteiger partial charge in [0.25, 0.3) is 0 Å². The number of rotatable bonds is 3. The Bertz CT molecular complexity index is 996. The zero-order valence-electron chi connectivity index (χ0n) is 15.4. The lowest BCUT2D eigenvalue weighted by molar-refractivity contribution is 0.618. The summed E-state index contributed by atoms with van der Waals surface area (Å²) in [7, 11) is 0. The molecule has 0 saturated carbocycles. The first-order valence-electron chi connectivity index (χ1n) is 8.48. The highest BCUT2D eigenvalue weighted by atomic mass is 19.1. The van der Waals surface area contributed by atoms with Gasteiger partial charge >= 0.3 is 0 Å². The van der Waals surface area contributed by atoms with E-state index in [4.69, 9.17) is 11.1 Å². The molecule has 0 bridgehead atoms. The van der Waals surface area contributed by atoms with Crippen LogP contribution in [-0.4, -0.2) is 10.3 Å². The number of hydrogen-bond donors (Lipinski definition) is 2. The van der Waals surface area contributed by atoms with Crippen molar-refractivity contribution in [2.75, 3.05) is 5.73 Å². The minimum absolute atomic E-state index is 0.206. The lowest BCUT2D eigenvalue weighted by atomic mass is 10.0. The van der Waals surface area contributed by atoms with Crippen molar-refractivity contribution in [3.8, 4) is 5.69 Å². The summed E-state index contributed by atoms with van der Waals surface area (Å²) in [5, 5.41) is 9.11. The molecular weight excluding hydrogens is 313 g/mol. The van der Waals surface area contributed by atoms with Gasteiger partial charge in [0.1, 0.15) is 5.82 Å². The lowest BCUT2D eigenvalue weighted by Crippen LogP contribution is -2.05. The number of nitrogen functional groups attached to an aromatic ring is 1. The van der Waals surface area contributed by atoms with E-state index < -0.39 is 0 Å². The van der Waals surface area contributed by atoms with Gasteiger partial charge in [0, 0.05) is 33.7 Å². The fourth-order valence-electron chi connectivity index (χ4n) is 3.34. The first kappa shape index (κ1) is 17.2. The molecule has 1 aromatic heterocycles.